The Morgan fingerprint density at radius 3 is 3.00 bits per heavy atom. The van der Waals surface area contributed by atoms with E-state index in [0.717, 1.165) is 25.3 Å². The Bertz CT molecular complexity index is 397. The third-order valence-corrected chi connectivity index (χ3v) is 3.15. The molecule has 4 nitrogen and oxygen atoms in total. The van der Waals surface area contributed by atoms with E-state index < -0.39 is 0 Å². The van der Waals surface area contributed by atoms with E-state index in [9.17, 15) is 4.91 Å². The van der Waals surface area contributed by atoms with Crippen LogP contribution in [-0.4, -0.2) is 25.7 Å². The largest absolute Gasteiger partial charge is 0.365 e. The van der Waals surface area contributed by atoms with Gasteiger partial charge in [0.25, 0.3) is 0 Å². The van der Waals surface area contributed by atoms with E-state index in [2.05, 4.69) is 22.3 Å². The van der Waals surface area contributed by atoms with Gasteiger partial charge in [-0.25, -0.2) is 0 Å². The average molecular weight is 240 g/mol. The molecule has 1 saturated heterocycles. The van der Waals surface area contributed by atoms with Crippen LogP contribution < -0.4 is 10.2 Å². The maximum Gasteiger partial charge on any atom is 0.109 e. The van der Waals surface area contributed by atoms with Crippen molar-refractivity contribution < 1.29 is 0 Å². The first-order chi connectivity index (χ1) is 7.72. The molecule has 5 heteroatoms. The number of nitrogens with zero attached hydrogens (tertiary/aromatic N) is 2. The highest BCUT2D eigenvalue weighted by Crippen LogP contribution is 2.31. The lowest BCUT2D eigenvalue weighted by Crippen LogP contribution is -2.50. The van der Waals surface area contributed by atoms with Crippen molar-refractivity contribution in [2.45, 2.75) is 13.0 Å². The molecule has 86 valence electrons. The molecule has 1 aromatic carbocycles. The molecule has 16 heavy (non-hydrogen) atoms. The normalized spacial score (nSPS) is 20.9. The molecule has 0 bridgehead atoms. The van der Waals surface area contributed by atoms with Gasteiger partial charge in [0.15, 0.2) is 0 Å². The fourth-order valence-electron chi connectivity index (χ4n) is 1.98. The van der Waals surface area contributed by atoms with Crippen LogP contribution in [0.15, 0.2) is 23.4 Å². The molecule has 1 N–H and O–H groups in total. The van der Waals surface area contributed by atoms with Gasteiger partial charge in [0.1, 0.15) is 5.69 Å². The van der Waals surface area contributed by atoms with Crippen molar-refractivity contribution in [2.24, 2.45) is 5.18 Å². The second kappa shape index (κ2) is 4.80. The smallest absolute Gasteiger partial charge is 0.109 e. The monoisotopic (exact) mass is 239 g/mol. The number of halogens is 1. The van der Waals surface area contributed by atoms with Crippen molar-refractivity contribution in [2.75, 3.05) is 24.5 Å². The molecule has 0 aromatic heterocycles. The molecule has 1 fully saturated rings. The van der Waals surface area contributed by atoms with Gasteiger partial charge in [-0.2, -0.15) is 0 Å². The standard InChI is InChI=1S/C11H14ClN3O/c1-8-7-13-4-5-15(8)11-3-2-9(14-16)6-10(11)12/h2-3,6,8,13H,4-5,7H2,1H3/t8-/m0/s1. The molecule has 1 aromatic rings. The number of nitroso groups, excluding NO2 is 1. The van der Waals surface area contributed by atoms with Gasteiger partial charge in [-0.15, -0.1) is 4.91 Å². The molecule has 2 rings (SSSR count). The Hall–Kier alpha value is -1.13. The second-order valence-electron chi connectivity index (χ2n) is 3.97. The van der Waals surface area contributed by atoms with Crippen LogP contribution in [0.3, 0.4) is 0 Å². The van der Waals surface area contributed by atoms with Crippen molar-refractivity contribution in [1.82, 2.24) is 5.32 Å². The highest BCUT2D eigenvalue weighted by Gasteiger charge is 2.20. The summed E-state index contributed by atoms with van der Waals surface area (Å²) in [5.41, 5.74) is 1.35. The third kappa shape index (κ3) is 2.18. The number of benzene rings is 1. The number of hydrogen-bond donors (Lipinski definition) is 1. The van der Waals surface area contributed by atoms with Crippen LogP contribution in [0, 0.1) is 4.91 Å². The maximum atomic E-state index is 10.4. The predicted molar refractivity (Wildman–Crippen MR) is 66.6 cm³/mol. The van der Waals surface area contributed by atoms with Gasteiger partial charge in [0.05, 0.1) is 10.7 Å². The Balaban J connectivity index is 2.28. The summed E-state index contributed by atoms with van der Waals surface area (Å²) in [6.45, 7) is 4.97. The van der Waals surface area contributed by atoms with E-state index in [1.165, 1.54) is 0 Å². The van der Waals surface area contributed by atoms with Crippen molar-refractivity contribution in [1.29, 1.82) is 0 Å². The Kier molecular flexibility index (Phi) is 3.41. The highest BCUT2D eigenvalue weighted by molar-refractivity contribution is 6.33. The zero-order valence-electron chi connectivity index (χ0n) is 9.11. The first-order valence-electron chi connectivity index (χ1n) is 5.32. The summed E-state index contributed by atoms with van der Waals surface area (Å²) in [6, 6.07) is 5.57. The average Bonchev–Trinajstić information content (AvgIpc) is 2.30. The zero-order valence-corrected chi connectivity index (χ0v) is 9.87. The van der Waals surface area contributed by atoms with Gasteiger partial charge in [-0.1, -0.05) is 11.6 Å². The Labute approximate surface area is 99.6 Å². The molecule has 1 atom stereocenters. The minimum absolute atomic E-state index is 0.372. The van der Waals surface area contributed by atoms with Crippen LogP contribution in [0.25, 0.3) is 0 Å². The van der Waals surface area contributed by atoms with Crippen LogP contribution in [0.2, 0.25) is 5.02 Å². The first-order valence-corrected chi connectivity index (χ1v) is 5.70. The fraction of sp³-hybridized carbons (Fsp3) is 0.455. The lowest BCUT2D eigenvalue weighted by molar-refractivity contribution is 0.501. The Morgan fingerprint density at radius 1 is 1.56 bits per heavy atom. The molecule has 1 aliphatic rings. The predicted octanol–water partition coefficient (Wildman–Crippen LogP) is 2.54. The lowest BCUT2D eigenvalue weighted by atomic mass is 10.1. The minimum atomic E-state index is 0.372. The van der Waals surface area contributed by atoms with Crippen LogP contribution >= 0.6 is 11.6 Å². The van der Waals surface area contributed by atoms with E-state index in [1.807, 2.05) is 6.07 Å². The number of anilines is 1. The lowest BCUT2D eigenvalue weighted by Gasteiger charge is -2.36. The summed E-state index contributed by atoms with van der Waals surface area (Å²) in [7, 11) is 0. The van der Waals surface area contributed by atoms with Crippen molar-refractivity contribution in [3.63, 3.8) is 0 Å². The Morgan fingerprint density at radius 2 is 2.38 bits per heavy atom. The van der Waals surface area contributed by atoms with Crippen LogP contribution in [0.4, 0.5) is 11.4 Å². The summed E-state index contributed by atoms with van der Waals surface area (Å²) in [4.78, 5) is 12.6. The van der Waals surface area contributed by atoms with E-state index in [4.69, 9.17) is 11.6 Å². The van der Waals surface area contributed by atoms with Gasteiger partial charge in [0, 0.05) is 25.7 Å². The number of rotatable bonds is 2. The van der Waals surface area contributed by atoms with E-state index in [0.29, 0.717) is 16.8 Å². The molecule has 0 saturated carbocycles. The van der Waals surface area contributed by atoms with Crippen LogP contribution in [0.5, 0.6) is 0 Å². The SMILES string of the molecule is C[C@H]1CNCCN1c1ccc(N=O)cc1Cl. The third-order valence-electron chi connectivity index (χ3n) is 2.85. The van der Waals surface area contributed by atoms with Crippen LogP contribution in [-0.2, 0) is 0 Å². The molecule has 0 radical (unpaired) electrons. The topological polar surface area (TPSA) is 44.7 Å². The van der Waals surface area contributed by atoms with Crippen molar-refractivity contribution in [3.05, 3.63) is 28.1 Å². The summed E-state index contributed by atoms with van der Waals surface area (Å²) < 4.78 is 0. The molecule has 1 aliphatic heterocycles. The van der Waals surface area contributed by atoms with E-state index >= 15 is 0 Å². The summed E-state index contributed by atoms with van der Waals surface area (Å²) in [6.07, 6.45) is 0. The van der Waals surface area contributed by atoms with Gasteiger partial charge in [-0.05, 0) is 30.3 Å². The van der Waals surface area contributed by atoms with Crippen molar-refractivity contribution >= 4 is 23.0 Å². The summed E-state index contributed by atoms with van der Waals surface area (Å²) in [5, 5.41) is 6.78. The summed E-state index contributed by atoms with van der Waals surface area (Å²) in [5.74, 6) is 0. The van der Waals surface area contributed by atoms with E-state index in [-0.39, 0.29) is 0 Å². The van der Waals surface area contributed by atoms with Gasteiger partial charge in [-0.3, -0.25) is 0 Å². The number of nitrogens with one attached hydrogen (secondary N) is 1. The fourth-order valence-corrected chi connectivity index (χ4v) is 2.27. The molecular weight excluding hydrogens is 226 g/mol. The van der Waals surface area contributed by atoms with Crippen molar-refractivity contribution in [3.8, 4) is 0 Å². The molecule has 0 aliphatic carbocycles. The van der Waals surface area contributed by atoms with E-state index in [1.54, 1.807) is 12.1 Å². The summed E-state index contributed by atoms with van der Waals surface area (Å²) >= 11 is 6.15. The minimum Gasteiger partial charge on any atom is -0.365 e. The zero-order chi connectivity index (χ0) is 11.5. The maximum absolute atomic E-state index is 10.4. The quantitative estimate of drug-likeness (QED) is 0.807. The molecular formula is C11H14ClN3O. The van der Waals surface area contributed by atoms with Gasteiger partial charge in [0.2, 0.25) is 0 Å². The number of hydrogen-bond acceptors (Lipinski definition) is 4. The number of piperazine rings is 1. The van der Waals surface area contributed by atoms with Crippen LogP contribution in [0.1, 0.15) is 6.92 Å². The molecule has 0 spiro atoms. The molecule has 1 heterocycles. The molecule has 0 amide bonds. The van der Waals surface area contributed by atoms with Gasteiger partial charge >= 0.3 is 0 Å². The molecule has 0 unspecified atom stereocenters. The van der Waals surface area contributed by atoms with Gasteiger partial charge < -0.3 is 10.2 Å². The first kappa shape index (κ1) is 11.4. The second-order valence-corrected chi connectivity index (χ2v) is 4.38. The highest BCUT2D eigenvalue weighted by atomic mass is 35.5.